The number of aliphatic carboxylic acids is 1. The van der Waals surface area contributed by atoms with Gasteiger partial charge in [-0.3, -0.25) is 4.79 Å². The van der Waals surface area contributed by atoms with Gasteiger partial charge in [-0.05, 0) is 12.8 Å². The molecule has 4 fully saturated rings. The van der Waals surface area contributed by atoms with Gasteiger partial charge in [0, 0.05) is 19.0 Å². The molecule has 0 radical (unpaired) electrons. The van der Waals surface area contributed by atoms with E-state index < -0.39 is 136 Å². The zero-order valence-corrected chi connectivity index (χ0v) is 27.0. The van der Waals surface area contributed by atoms with Crippen LogP contribution in [0.1, 0.15) is 26.7 Å². The fraction of sp³-hybridized carbons (Fsp3) is 0.963. The lowest BCUT2D eigenvalue weighted by molar-refractivity contribution is -0.406. The van der Waals surface area contributed by atoms with Gasteiger partial charge in [-0.25, -0.2) is 9.78 Å². The molecule has 4 aliphatic rings. The number of aliphatic hydroxyl groups is 8. The summed E-state index contributed by atoms with van der Waals surface area (Å²) in [6.45, 7) is 1.43. The molecule has 1 aliphatic carbocycles. The molecule has 0 amide bonds. The molecule has 19 unspecified atom stereocenters. The summed E-state index contributed by atoms with van der Waals surface area (Å²) in [7, 11) is 0. The fourth-order valence-corrected chi connectivity index (χ4v) is 5.80. The second kappa shape index (κ2) is 19.0. The van der Waals surface area contributed by atoms with Crippen LogP contribution in [0.3, 0.4) is 0 Å². The van der Waals surface area contributed by atoms with Gasteiger partial charge in [0.05, 0.1) is 37.5 Å². The summed E-state index contributed by atoms with van der Waals surface area (Å²) >= 11 is 0. The number of carboxylic acid groups (broad SMARTS) is 1. The van der Waals surface area contributed by atoms with E-state index in [0.29, 0.717) is 6.42 Å². The largest absolute Gasteiger partial charge is 0.481 e. The normalized spacial score (nSPS) is 47.3. The zero-order chi connectivity index (χ0) is 36.7. The first-order valence-corrected chi connectivity index (χ1v) is 15.8. The number of nitrogens with two attached hydrogens (primary N) is 4. The summed E-state index contributed by atoms with van der Waals surface area (Å²) in [6, 6.07) is -4.36. The second-order valence-corrected chi connectivity index (χ2v) is 12.2. The maximum absolute atomic E-state index is 11.3. The van der Waals surface area contributed by atoms with Gasteiger partial charge in [0.2, 0.25) is 6.29 Å². The Morgan fingerprint density at radius 2 is 1.18 bits per heavy atom. The molecule has 19 atom stereocenters. The van der Waals surface area contributed by atoms with Crippen molar-refractivity contribution in [1.29, 1.82) is 0 Å². The molecule has 3 aliphatic heterocycles. The Labute approximate surface area is 281 Å². The average Bonchev–Trinajstić information content (AvgIpc) is 3.34. The maximum atomic E-state index is 11.3. The van der Waals surface area contributed by atoms with Crippen LogP contribution in [-0.4, -0.2) is 188 Å². The number of aliphatic hydroxyl groups excluding tert-OH is 8. The van der Waals surface area contributed by atoms with Gasteiger partial charge in [0.25, 0.3) is 5.97 Å². The maximum Gasteiger partial charge on any atom is 0.300 e. The van der Waals surface area contributed by atoms with Crippen LogP contribution in [0.15, 0.2) is 0 Å². The van der Waals surface area contributed by atoms with E-state index in [1.54, 1.807) is 6.92 Å². The Hall–Kier alpha value is -1.33. The smallest absolute Gasteiger partial charge is 0.300 e. The molecule has 288 valence electrons. The number of rotatable bonds is 12. The third kappa shape index (κ3) is 10.2. The van der Waals surface area contributed by atoms with Crippen LogP contribution < -0.4 is 22.9 Å². The number of hydrogen-bond donors (Lipinski definition) is 13. The van der Waals surface area contributed by atoms with Crippen LogP contribution in [0.25, 0.3) is 0 Å². The summed E-state index contributed by atoms with van der Waals surface area (Å²) in [6.07, 6.45) is -20.7. The Morgan fingerprint density at radius 1 is 0.673 bits per heavy atom. The Kier molecular flexibility index (Phi) is 16.3. The van der Waals surface area contributed by atoms with Crippen molar-refractivity contribution in [2.45, 2.75) is 143 Å². The predicted octanol–water partition coefficient (Wildman–Crippen LogP) is -7.41. The quantitative estimate of drug-likeness (QED) is 0.0506. The third-order valence-corrected chi connectivity index (χ3v) is 8.51. The second-order valence-electron chi connectivity index (χ2n) is 12.2. The molecule has 0 bridgehead atoms. The van der Waals surface area contributed by atoms with Crippen molar-refractivity contribution >= 4 is 5.97 Å². The Bertz CT molecular complexity index is 1000. The molecule has 3 saturated heterocycles. The van der Waals surface area contributed by atoms with Crippen molar-refractivity contribution in [3.05, 3.63) is 0 Å². The van der Waals surface area contributed by atoms with Crippen LogP contribution in [0.4, 0.5) is 0 Å². The summed E-state index contributed by atoms with van der Waals surface area (Å²) in [5.74, 6) is -0.833. The van der Waals surface area contributed by atoms with Crippen LogP contribution in [-0.2, 0) is 43.0 Å². The molecule has 0 aromatic carbocycles. The van der Waals surface area contributed by atoms with Crippen LogP contribution in [0, 0.1) is 0 Å². The molecular formula is C27H52N4O18. The zero-order valence-electron chi connectivity index (χ0n) is 27.0. The average molecular weight is 721 g/mol. The van der Waals surface area contributed by atoms with E-state index in [2.05, 4.69) is 0 Å². The van der Waals surface area contributed by atoms with E-state index in [4.69, 9.17) is 76.1 Å². The summed E-state index contributed by atoms with van der Waals surface area (Å²) in [5, 5.41) is 89.6. The Morgan fingerprint density at radius 3 is 1.71 bits per heavy atom. The lowest BCUT2D eigenvalue weighted by atomic mass is 9.84. The molecular weight excluding hydrogens is 668 g/mol. The summed E-state index contributed by atoms with van der Waals surface area (Å²) in [5.41, 5.74) is 24.5. The fourth-order valence-electron chi connectivity index (χ4n) is 5.80. The molecule has 4 rings (SSSR count). The molecule has 49 heavy (non-hydrogen) atoms. The molecule has 1 saturated carbocycles. The van der Waals surface area contributed by atoms with Crippen molar-refractivity contribution in [2.75, 3.05) is 19.8 Å². The Balaban J connectivity index is 0.00000154. The minimum Gasteiger partial charge on any atom is -0.481 e. The van der Waals surface area contributed by atoms with E-state index >= 15 is 0 Å². The SMILES string of the molecule is CC(=O)O.CCC1OC(OC2C(OOCCO)OC(OC3C(O)C(N)CC(N)C3OC3OC(CO)C(O)C(O)C3N)C2O)C(N)C(O)C1O. The predicted molar refractivity (Wildman–Crippen MR) is 158 cm³/mol. The van der Waals surface area contributed by atoms with Crippen molar-refractivity contribution in [3.8, 4) is 0 Å². The van der Waals surface area contributed by atoms with E-state index in [1.165, 1.54) is 0 Å². The highest BCUT2D eigenvalue weighted by atomic mass is 17.2. The van der Waals surface area contributed by atoms with Crippen LogP contribution in [0.5, 0.6) is 0 Å². The van der Waals surface area contributed by atoms with Crippen molar-refractivity contribution in [2.24, 2.45) is 22.9 Å². The molecule has 3 heterocycles. The monoisotopic (exact) mass is 720 g/mol. The van der Waals surface area contributed by atoms with Crippen molar-refractivity contribution in [1.82, 2.24) is 0 Å². The highest BCUT2D eigenvalue weighted by molar-refractivity contribution is 5.62. The minimum absolute atomic E-state index is 0.0481. The van der Waals surface area contributed by atoms with E-state index in [-0.39, 0.29) is 13.0 Å². The number of ether oxygens (including phenoxy) is 6. The van der Waals surface area contributed by atoms with Gasteiger partial charge >= 0.3 is 0 Å². The van der Waals surface area contributed by atoms with Crippen molar-refractivity contribution in [3.63, 3.8) is 0 Å². The van der Waals surface area contributed by atoms with E-state index in [9.17, 15) is 35.7 Å². The summed E-state index contributed by atoms with van der Waals surface area (Å²) < 4.78 is 34.8. The molecule has 22 heteroatoms. The van der Waals surface area contributed by atoms with Crippen LogP contribution in [0.2, 0.25) is 0 Å². The van der Waals surface area contributed by atoms with Gasteiger partial charge in [-0.2, -0.15) is 0 Å². The molecule has 0 aromatic heterocycles. The first kappa shape index (κ1) is 42.1. The number of carbonyl (C=O) groups is 1. The minimum atomic E-state index is -1.70. The highest BCUT2D eigenvalue weighted by Gasteiger charge is 2.55. The van der Waals surface area contributed by atoms with Gasteiger partial charge in [0.1, 0.15) is 61.5 Å². The van der Waals surface area contributed by atoms with Gasteiger partial charge in [-0.1, -0.05) is 6.92 Å². The molecule has 17 N–H and O–H groups in total. The number of carboxylic acids is 1. The third-order valence-electron chi connectivity index (χ3n) is 8.51. The highest BCUT2D eigenvalue weighted by Crippen LogP contribution is 2.35. The molecule has 22 nitrogen and oxygen atoms in total. The van der Waals surface area contributed by atoms with E-state index in [0.717, 1.165) is 6.92 Å². The first-order valence-electron chi connectivity index (χ1n) is 15.8. The standard InChI is InChI=1S/C25H48N4O16.C2H4O2/c1-2-9-14(33)16(35)11(28)22(39-9)43-21-18(37)24(44-25(21)45-38-4-3-30)42-20-13(32)7(26)5-8(27)19(20)41-23-12(29)17(36)15(34)10(6-31)40-23;1-2(3)4/h7-25,30-37H,2-6,26-29H2,1H3;1H3,(H,3,4). The molecule has 0 aromatic rings. The number of hydrogen-bond acceptors (Lipinski definition) is 21. The van der Waals surface area contributed by atoms with E-state index in [1.807, 2.05) is 0 Å². The first-order chi connectivity index (χ1) is 23.1. The van der Waals surface area contributed by atoms with Crippen molar-refractivity contribution < 1.29 is 88.9 Å². The van der Waals surface area contributed by atoms with Crippen LogP contribution >= 0.6 is 0 Å². The van der Waals surface area contributed by atoms with Gasteiger partial charge < -0.3 is 97.3 Å². The van der Waals surface area contributed by atoms with Gasteiger partial charge in [0.15, 0.2) is 18.9 Å². The molecule has 0 spiro atoms. The summed E-state index contributed by atoms with van der Waals surface area (Å²) in [4.78, 5) is 19.1. The van der Waals surface area contributed by atoms with Gasteiger partial charge in [-0.15, -0.1) is 0 Å². The lowest BCUT2D eigenvalue weighted by Gasteiger charge is -2.47. The topological polar surface area (TPSA) is 377 Å². The lowest BCUT2D eigenvalue weighted by Crippen LogP contribution is -2.68.